The Labute approximate surface area is 197 Å². The van der Waals surface area contributed by atoms with Crippen LogP contribution < -0.4 is 20.3 Å². The second-order valence-corrected chi connectivity index (χ2v) is 7.54. The summed E-state index contributed by atoms with van der Waals surface area (Å²) in [5.74, 6) is 0.917. The van der Waals surface area contributed by atoms with E-state index in [1.165, 1.54) is 4.68 Å². The van der Waals surface area contributed by atoms with Gasteiger partial charge in [0.1, 0.15) is 23.7 Å². The molecule has 0 spiro atoms. The van der Waals surface area contributed by atoms with E-state index in [4.69, 9.17) is 9.47 Å². The number of carbonyl (C=O) groups is 1. The van der Waals surface area contributed by atoms with Gasteiger partial charge in [-0.3, -0.25) is 9.59 Å². The molecule has 1 amide bonds. The van der Waals surface area contributed by atoms with Crippen molar-refractivity contribution >= 4 is 5.91 Å². The normalized spacial score (nSPS) is 10.5. The molecule has 1 heterocycles. The van der Waals surface area contributed by atoms with Gasteiger partial charge in [-0.1, -0.05) is 60.7 Å². The largest absolute Gasteiger partial charge is 0.497 e. The van der Waals surface area contributed by atoms with Crippen molar-refractivity contribution in [3.63, 3.8) is 0 Å². The van der Waals surface area contributed by atoms with E-state index in [0.717, 1.165) is 16.9 Å². The first-order valence-corrected chi connectivity index (χ1v) is 10.9. The third kappa shape index (κ3) is 4.99. The van der Waals surface area contributed by atoms with Gasteiger partial charge in [0.05, 0.1) is 19.3 Å². The van der Waals surface area contributed by atoms with Crippen LogP contribution in [0.4, 0.5) is 0 Å². The smallest absolute Gasteiger partial charge is 0.280 e. The molecule has 0 atom stereocenters. The van der Waals surface area contributed by atoms with Crippen molar-refractivity contribution in [2.24, 2.45) is 7.05 Å². The predicted molar refractivity (Wildman–Crippen MR) is 131 cm³/mol. The van der Waals surface area contributed by atoms with Gasteiger partial charge in [-0.15, -0.1) is 0 Å². The maximum atomic E-state index is 13.3. The third-order valence-corrected chi connectivity index (χ3v) is 5.30. The van der Waals surface area contributed by atoms with E-state index in [-0.39, 0.29) is 18.7 Å². The van der Waals surface area contributed by atoms with E-state index in [9.17, 15) is 9.59 Å². The van der Waals surface area contributed by atoms with E-state index in [1.54, 1.807) is 38.4 Å². The zero-order chi connectivity index (χ0) is 23.9. The monoisotopic (exact) mass is 455 g/mol. The lowest BCUT2D eigenvalue weighted by Gasteiger charge is -2.16. The number of rotatable bonds is 8. The Morgan fingerprint density at radius 3 is 2.09 bits per heavy atom. The zero-order valence-electron chi connectivity index (χ0n) is 19.0. The van der Waals surface area contributed by atoms with Gasteiger partial charge in [-0.05, 0) is 29.8 Å². The Balaban J connectivity index is 1.62. The van der Waals surface area contributed by atoms with Crippen LogP contribution in [0, 0.1) is 0 Å². The molecule has 3 aromatic carbocycles. The van der Waals surface area contributed by atoms with Crippen molar-refractivity contribution in [2.45, 2.75) is 0 Å². The number of hydrogen-bond acceptors (Lipinski definition) is 5. The van der Waals surface area contributed by atoms with Crippen molar-refractivity contribution in [1.82, 2.24) is 15.1 Å². The van der Waals surface area contributed by atoms with Crippen LogP contribution in [0.15, 0.2) is 89.7 Å². The minimum absolute atomic E-state index is 0.0481. The molecule has 34 heavy (non-hydrogen) atoms. The van der Waals surface area contributed by atoms with Crippen molar-refractivity contribution in [1.29, 1.82) is 0 Å². The fraction of sp³-hybridized carbons (Fsp3) is 0.148. The summed E-state index contributed by atoms with van der Waals surface area (Å²) in [5.41, 5.74) is 2.20. The fourth-order valence-corrected chi connectivity index (χ4v) is 3.62. The number of benzene rings is 3. The molecule has 172 valence electrons. The third-order valence-electron chi connectivity index (χ3n) is 5.30. The maximum absolute atomic E-state index is 13.3. The summed E-state index contributed by atoms with van der Waals surface area (Å²) in [5, 5.41) is 7.32. The summed E-state index contributed by atoms with van der Waals surface area (Å²) in [6, 6.07) is 26.0. The molecule has 7 nitrogen and oxygen atoms in total. The molecule has 1 aromatic heterocycles. The van der Waals surface area contributed by atoms with Crippen molar-refractivity contribution < 1.29 is 14.3 Å². The van der Waals surface area contributed by atoms with Gasteiger partial charge in [-0.25, -0.2) is 4.68 Å². The molecule has 4 rings (SSSR count). The van der Waals surface area contributed by atoms with Crippen LogP contribution in [0.5, 0.6) is 11.5 Å². The summed E-state index contributed by atoms with van der Waals surface area (Å²) in [7, 11) is 3.15. The molecule has 0 aliphatic carbocycles. The summed E-state index contributed by atoms with van der Waals surface area (Å²) in [6.45, 7) is 0.473. The molecule has 4 aromatic rings. The topological polar surface area (TPSA) is 82.4 Å². The number of methoxy groups -OCH3 is 1. The highest BCUT2D eigenvalue weighted by Gasteiger charge is 2.24. The highest BCUT2D eigenvalue weighted by molar-refractivity contribution is 6.03. The molecule has 0 unspecified atom stereocenters. The van der Waals surface area contributed by atoms with Crippen molar-refractivity contribution in [3.05, 3.63) is 101 Å². The summed E-state index contributed by atoms with van der Waals surface area (Å²) in [4.78, 5) is 26.4. The number of carbonyl (C=O) groups excluding carboxylic acids is 1. The zero-order valence-corrected chi connectivity index (χ0v) is 19.0. The Kier molecular flexibility index (Phi) is 7.03. The molecular formula is C27H25N3O4. The molecule has 7 heteroatoms. The number of aryl methyl sites for hydroxylation is 1. The van der Waals surface area contributed by atoms with Gasteiger partial charge in [-0.2, -0.15) is 5.10 Å². The molecule has 0 saturated carbocycles. The van der Waals surface area contributed by atoms with Crippen LogP contribution in [0.2, 0.25) is 0 Å². The number of hydrogen-bond donors (Lipinski definition) is 1. The van der Waals surface area contributed by atoms with Crippen LogP contribution in [0.1, 0.15) is 10.4 Å². The van der Waals surface area contributed by atoms with Crippen molar-refractivity contribution in [3.8, 4) is 33.9 Å². The van der Waals surface area contributed by atoms with Gasteiger partial charge in [0.25, 0.3) is 11.5 Å². The molecule has 0 aliphatic heterocycles. The lowest BCUT2D eigenvalue weighted by molar-refractivity contribution is 0.0945. The predicted octanol–water partition coefficient (Wildman–Crippen LogP) is 3.93. The maximum Gasteiger partial charge on any atom is 0.280 e. The second kappa shape index (κ2) is 10.5. The van der Waals surface area contributed by atoms with Gasteiger partial charge < -0.3 is 14.8 Å². The Bertz CT molecular complexity index is 1320. The minimum atomic E-state index is -0.475. The summed E-state index contributed by atoms with van der Waals surface area (Å²) in [6.07, 6.45) is 0. The molecular weight excluding hydrogens is 430 g/mol. The van der Waals surface area contributed by atoms with E-state index in [1.807, 2.05) is 60.7 Å². The van der Waals surface area contributed by atoms with Gasteiger partial charge in [0.2, 0.25) is 0 Å². The number of ether oxygens (including phenoxy) is 2. The summed E-state index contributed by atoms with van der Waals surface area (Å²) >= 11 is 0. The Morgan fingerprint density at radius 2 is 1.47 bits per heavy atom. The number of nitrogens with one attached hydrogen (secondary N) is 1. The number of nitrogens with zero attached hydrogens (tertiary/aromatic N) is 2. The molecule has 0 aliphatic rings. The second-order valence-electron chi connectivity index (χ2n) is 7.54. The van der Waals surface area contributed by atoms with E-state index in [2.05, 4.69) is 10.4 Å². The SMILES string of the molecule is COc1ccc(OCCNC(=O)c2c(-c3ccccc3)c(-c3ccccc3)nn(C)c2=O)cc1. The minimum Gasteiger partial charge on any atom is -0.497 e. The van der Waals surface area contributed by atoms with E-state index in [0.29, 0.717) is 17.0 Å². The average Bonchev–Trinajstić information content (AvgIpc) is 2.89. The van der Waals surface area contributed by atoms with Gasteiger partial charge in [0, 0.05) is 18.2 Å². The van der Waals surface area contributed by atoms with E-state index >= 15 is 0 Å². The lowest BCUT2D eigenvalue weighted by Crippen LogP contribution is -2.36. The number of aromatic nitrogens is 2. The average molecular weight is 456 g/mol. The molecule has 0 radical (unpaired) electrons. The van der Waals surface area contributed by atoms with Crippen LogP contribution >= 0.6 is 0 Å². The first-order chi connectivity index (χ1) is 16.6. The lowest BCUT2D eigenvalue weighted by atomic mass is 9.95. The number of amides is 1. The van der Waals surface area contributed by atoms with Crippen LogP contribution in [-0.4, -0.2) is 35.9 Å². The highest BCUT2D eigenvalue weighted by atomic mass is 16.5. The Hall–Kier alpha value is -4.39. The van der Waals surface area contributed by atoms with Crippen molar-refractivity contribution in [2.75, 3.05) is 20.3 Å². The fourth-order valence-electron chi connectivity index (χ4n) is 3.62. The van der Waals surface area contributed by atoms with Crippen LogP contribution in [0.25, 0.3) is 22.4 Å². The van der Waals surface area contributed by atoms with Crippen LogP contribution in [0.3, 0.4) is 0 Å². The van der Waals surface area contributed by atoms with Crippen LogP contribution in [-0.2, 0) is 7.05 Å². The van der Waals surface area contributed by atoms with E-state index < -0.39 is 11.5 Å². The van der Waals surface area contributed by atoms with Gasteiger partial charge in [0.15, 0.2) is 0 Å². The molecule has 0 bridgehead atoms. The Morgan fingerprint density at radius 1 is 0.882 bits per heavy atom. The quantitative estimate of drug-likeness (QED) is 0.407. The molecule has 0 saturated heterocycles. The summed E-state index contributed by atoms with van der Waals surface area (Å²) < 4.78 is 12.0. The highest BCUT2D eigenvalue weighted by Crippen LogP contribution is 2.31. The first-order valence-electron chi connectivity index (χ1n) is 10.9. The molecule has 1 N–H and O–H groups in total. The standard InChI is InChI=1S/C27H25N3O4/c1-30-27(32)24(26(31)28-17-18-34-22-15-13-21(33-2)14-16-22)23(19-9-5-3-6-10-19)25(29-30)20-11-7-4-8-12-20/h3-16H,17-18H2,1-2H3,(H,28,31). The first kappa shape index (κ1) is 22.8. The van der Waals surface area contributed by atoms with Gasteiger partial charge >= 0.3 is 0 Å². The molecule has 0 fully saturated rings.